The van der Waals surface area contributed by atoms with Gasteiger partial charge in [0.05, 0.1) is 16.6 Å². The van der Waals surface area contributed by atoms with Gasteiger partial charge in [-0.25, -0.2) is 9.37 Å². The molecule has 29 heavy (non-hydrogen) atoms. The van der Waals surface area contributed by atoms with E-state index in [1.165, 1.54) is 12.1 Å². The molecule has 2 atom stereocenters. The summed E-state index contributed by atoms with van der Waals surface area (Å²) in [6.45, 7) is 0. The zero-order valence-electron chi connectivity index (χ0n) is 15.7. The number of rotatable bonds is 5. The molecule has 2 aliphatic carbocycles. The number of carbonyl (C=O) groups is 1. The number of imidazole rings is 1. The lowest BCUT2D eigenvalue weighted by atomic mass is 10.1. The summed E-state index contributed by atoms with van der Waals surface area (Å²) >= 11 is 0. The Hall–Kier alpha value is -3.15. The maximum Gasteiger partial charge on any atom is 0.221 e. The lowest BCUT2D eigenvalue weighted by Crippen LogP contribution is -2.34. The number of hydrogen-bond acceptors (Lipinski definition) is 3. The van der Waals surface area contributed by atoms with Gasteiger partial charge in [-0.3, -0.25) is 4.79 Å². The second-order valence-electron chi connectivity index (χ2n) is 8.37. The summed E-state index contributed by atoms with van der Waals surface area (Å²) in [7, 11) is 0. The van der Waals surface area contributed by atoms with E-state index in [0.717, 1.165) is 47.3 Å². The Morgan fingerprint density at radius 2 is 2.10 bits per heavy atom. The Balaban J connectivity index is 1.14. The summed E-state index contributed by atoms with van der Waals surface area (Å²) in [5, 5.41) is 3.90. The van der Waals surface area contributed by atoms with E-state index in [0.29, 0.717) is 23.8 Å². The van der Waals surface area contributed by atoms with Crippen molar-refractivity contribution >= 4 is 27.9 Å². The first-order valence-corrected chi connectivity index (χ1v) is 10.0. The molecule has 2 aromatic heterocycles. The highest BCUT2D eigenvalue weighted by atomic mass is 19.1. The summed E-state index contributed by atoms with van der Waals surface area (Å²) in [5.41, 5.74) is 2.22. The van der Waals surface area contributed by atoms with Gasteiger partial charge in [-0.05, 0) is 61.6 Å². The number of nitrogens with one attached hydrogen (secondary N) is 2. The van der Waals surface area contributed by atoms with Crippen LogP contribution in [-0.2, 0) is 10.3 Å². The molecule has 0 spiro atoms. The number of aromatic amines is 1. The number of aromatic nitrogens is 2. The number of halogens is 1. The van der Waals surface area contributed by atoms with E-state index in [-0.39, 0.29) is 11.7 Å². The molecule has 6 rings (SSSR count). The molecule has 2 heterocycles. The fourth-order valence-corrected chi connectivity index (χ4v) is 4.32. The van der Waals surface area contributed by atoms with Crippen molar-refractivity contribution in [3.05, 3.63) is 65.9 Å². The summed E-state index contributed by atoms with van der Waals surface area (Å²) < 4.78 is 19.3. The Kier molecular flexibility index (Phi) is 3.43. The molecule has 0 unspecified atom stereocenters. The number of carbonyl (C=O) groups excluding carboxylic acids is 1. The van der Waals surface area contributed by atoms with Gasteiger partial charge in [0.15, 0.2) is 0 Å². The minimum absolute atomic E-state index is 0.0396. The van der Waals surface area contributed by atoms with Crippen LogP contribution in [0.15, 0.2) is 52.9 Å². The fraction of sp³-hybridized carbons (Fsp3) is 0.304. The number of H-pyrrole nitrogens is 1. The highest BCUT2D eigenvalue weighted by Crippen LogP contribution is 2.50. The summed E-state index contributed by atoms with van der Waals surface area (Å²) in [5.74, 6) is 2.08. The van der Waals surface area contributed by atoms with Crippen LogP contribution in [-0.4, -0.2) is 15.9 Å². The van der Waals surface area contributed by atoms with Gasteiger partial charge in [0.1, 0.15) is 23.0 Å². The van der Waals surface area contributed by atoms with Crippen LogP contribution in [0.3, 0.4) is 0 Å². The summed E-state index contributed by atoms with van der Waals surface area (Å²) in [6, 6.07) is 14.3. The van der Waals surface area contributed by atoms with Gasteiger partial charge >= 0.3 is 0 Å². The van der Waals surface area contributed by atoms with E-state index in [4.69, 9.17) is 4.42 Å². The van der Waals surface area contributed by atoms with Crippen LogP contribution in [0.2, 0.25) is 0 Å². The van der Waals surface area contributed by atoms with Gasteiger partial charge in [0.2, 0.25) is 5.91 Å². The molecule has 2 saturated carbocycles. The van der Waals surface area contributed by atoms with E-state index >= 15 is 0 Å². The fourth-order valence-electron chi connectivity index (χ4n) is 4.32. The number of benzene rings is 2. The standard InChI is InChI=1S/C23H20FN3O2/c24-15-5-6-19-14(9-15)11-20(29-19)23(7-8-23)27-21(28)12-13-10-16(13)22-25-17-3-1-2-4-18(17)26-22/h1-6,9,11,13,16H,7-8,10,12H2,(H,25,26)(H,27,28)/t13-,16-/m0/s1. The predicted molar refractivity (Wildman–Crippen MR) is 107 cm³/mol. The third-order valence-corrected chi connectivity index (χ3v) is 6.21. The van der Waals surface area contributed by atoms with Crippen LogP contribution in [0.4, 0.5) is 4.39 Å². The van der Waals surface area contributed by atoms with Crippen molar-refractivity contribution in [1.29, 1.82) is 0 Å². The van der Waals surface area contributed by atoms with E-state index < -0.39 is 5.54 Å². The van der Waals surface area contributed by atoms with Gasteiger partial charge in [-0.1, -0.05) is 12.1 Å². The normalized spacial score (nSPS) is 22.1. The molecule has 6 heteroatoms. The quantitative estimate of drug-likeness (QED) is 0.518. The maximum absolute atomic E-state index is 13.4. The number of furan rings is 1. The first-order valence-electron chi connectivity index (χ1n) is 10.0. The summed E-state index contributed by atoms with van der Waals surface area (Å²) in [4.78, 5) is 20.7. The molecule has 0 radical (unpaired) electrons. The topological polar surface area (TPSA) is 70.9 Å². The van der Waals surface area contributed by atoms with Crippen molar-refractivity contribution in [3.63, 3.8) is 0 Å². The van der Waals surface area contributed by atoms with Crippen molar-refractivity contribution in [2.45, 2.75) is 37.1 Å². The van der Waals surface area contributed by atoms with Crippen molar-refractivity contribution in [2.24, 2.45) is 5.92 Å². The second kappa shape index (κ2) is 5.92. The monoisotopic (exact) mass is 389 g/mol. The largest absolute Gasteiger partial charge is 0.459 e. The number of nitrogens with zero attached hydrogens (tertiary/aromatic N) is 1. The number of amides is 1. The minimum atomic E-state index is -0.434. The van der Waals surface area contributed by atoms with E-state index in [1.807, 2.05) is 30.3 Å². The molecule has 2 fully saturated rings. The van der Waals surface area contributed by atoms with Crippen molar-refractivity contribution in [3.8, 4) is 0 Å². The molecule has 2 aromatic carbocycles. The maximum atomic E-state index is 13.4. The van der Waals surface area contributed by atoms with E-state index in [2.05, 4.69) is 15.3 Å². The number of hydrogen-bond donors (Lipinski definition) is 2. The third-order valence-electron chi connectivity index (χ3n) is 6.21. The Bertz CT molecular complexity index is 1220. The zero-order chi connectivity index (χ0) is 19.6. The first kappa shape index (κ1) is 16.8. The van der Waals surface area contributed by atoms with Gasteiger partial charge < -0.3 is 14.7 Å². The van der Waals surface area contributed by atoms with Crippen LogP contribution in [0.1, 0.15) is 43.2 Å². The molecule has 1 amide bonds. The number of para-hydroxylation sites is 2. The molecule has 146 valence electrons. The van der Waals surface area contributed by atoms with Crippen LogP contribution >= 0.6 is 0 Å². The Morgan fingerprint density at radius 1 is 1.24 bits per heavy atom. The zero-order valence-corrected chi connectivity index (χ0v) is 15.7. The first-order chi connectivity index (χ1) is 14.1. The Labute approximate surface area is 166 Å². The molecule has 2 N–H and O–H groups in total. The van der Waals surface area contributed by atoms with Crippen molar-refractivity contribution in [1.82, 2.24) is 15.3 Å². The lowest BCUT2D eigenvalue weighted by Gasteiger charge is -2.14. The highest BCUT2D eigenvalue weighted by molar-refractivity contribution is 5.81. The highest BCUT2D eigenvalue weighted by Gasteiger charge is 2.50. The molecular formula is C23H20FN3O2. The van der Waals surface area contributed by atoms with Crippen molar-refractivity contribution in [2.75, 3.05) is 0 Å². The van der Waals surface area contributed by atoms with Crippen LogP contribution in [0.25, 0.3) is 22.0 Å². The third kappa shape index (κ3) is 2.90. The molecule has 5 nitrogen and oxygen atoms in total. The molecule has 0 saturated heterocycles. The van der Waals surface area contributed by atoms with Gasteiger partial charge in [-0.15, -0.1) is 0 Å². The van der Waals surface area contributed by atoms with Crippen LogP contribution in [0, 0.1) is 11.7 Å². The SMILES string of the molecule is O=C(C[C@@H]1C[C@@H]1c1nc2ccccc2[nH]1)NC1(c2cc3cc(F)ccc3o2)CC1. The van der Waals surface area contributed by atoms with Crippen LogP contribution < -0.4 is 5.32 Å². The average Bonchev–Trinajstić information content (AvgIpc) is 3.55. The second-order valence-corrected chi connectivity index (χ2v) is 8.37. The van der Waals surface area contributed by atoms with Gasteiger partial charge in [-0.2, -0.15) is 0 Å². The average molecular weight is 389 g/mol. The summed E-state index contributed by atoms with van der Waals surface area (Å²) in [6.07, 6.45) is 3.15. The van der Waals surface area contributed by atoms with E-state index in [9.17, 15) is 9.18 Å². The molecule has 0 bridgehead atoms. The smallest absolute Gasteiger partial charge is 0.221 e. The minimum Gasteiger partial charge on any atom is -0.459 e. The Morgan fingerprint density at radius 3 is 2.93 bits per heavy atom. The molecule has 0 aliphatic heterocycles. The van der Waals surface area contributed by atoms with Crippen LogP contribution in [0.5, 0.6) is 0 Å². The van der Waals surface area contributed by atoms with E-state index in [1.54, 1.807) is 6.07 Å². The predicted octanol–water partition coefficient (Wildman–Crippen LogP) is 4.75. The van der Waals surface area contributed by atoms with Crippen molar-refractivity contribution < 1.29 is 13.6 Å². The van der Waals surface area contributed by atoms with Gasteiger partial charge in [0.25, 0.3) is 0 Å². The molecule has 4 aromatic rings. The number of fused-ring (bicyclic) bond motifs is 2. The van der Waals surface area contributed by atoms with Gasteiger partial charge in [0, 0.05) is 17.7 Å². The lowest BCUT2D eigenvalue weighted by molar-refractivity contribution is -0.122. The molecule has 2 aliphatic rings. The molecular weight excluding hydrogens is 369 g/mol.